The lowest BCUT2D eigenvalue weighted by molar-refractivity contribution is 0.0947. The molecule has 0 aromatic carbocycles. The van der Waals surface area contributed by atoms with Gasteiger partial charge in [0.25, 0.3) is 5.91 Å². The predicted molar refractivity (Wildman–Crippen MR) is 110 cm³/mol. The van der Waals surface area contributed by atoms with Crippen LogP contribution in [0.4, 0.5) is 0 Å². The number of nitrogens with one attached hydrogen (secondary N) is 1. The van der Waals surface area contributed by atoms with Gasteiger partial charge in [-0.25, -0.2) is 18.4 Å². The van der Waals surface area contributed by atoms with Crippen LogP contribution in [0.5, 0.6) is 0 Å². The van der Waals surface area contributed by atoms with Crippen LogP contribution in [0, 0.1) is 13.8 Å². The molecule has 0 spiro atoms. The molecule has 30 heavy (non-hydrogen) atoms. The van der Waals surface area contributed by atoms with Gasteiger partial charge >= 0.3 is 0 Å². The van der Waals surface area contributed by atoms with Crippen LogP contribution in [-0.4, -0.2) is 51.0 Å². The molecule has 1 N–H and O–H groups in total. The average molecular weight is 433 g/mol. The molecule has 0 radical (unpaired) electrons. The van der Waals surface area contributed by atoms with E-state index in [1.54, 1.807) is 24.7 Å². The fourth-order valence-electron chi connectivity index (χ4n) is 3.93. The smallest absolute Gasteiger partial charge is 0.254 e. The maximum Gasteiger partial charge on any atom is 0.254 e. The van der Waals surface area contributed by atoms with Gasteiger partial charge in [0.1, 0.15) is 10.7 Å². The summed E-state index contributed by atoms with van der Waals surface area (Å²) in [6.07, 6.45) is 7.25. The van der Waals surface area contributed by atoms with E-state index < -0.39 is 16.1 Å². The van der Waals surface area contributed by atoms with E-state index in [9.17, 15) is 13.2 Å². The molecule has 1 unspecified atom stereocenters. The molecule has 4 rings (SSSR count). The maximum absolute atomic E-state index is 13.5. The van der Waals surface area contributed by atoms with E-state index in [-0.39, 0.29) is 16.8 Å². The molecule has 1 atom stereocenters. The fraction of sp³-hybridized carbons (Fsp3) is 0.600. The molecule has 1 aliphatic carbocycles. The second kappa shape index (κ2) is 8.07. The van der Waals surface area contributed by atoms with Gasteiger partial charge < -0.3 is 5.32 Å². The Morgan fingerprint density at radius 3 is 2.73 bits per heavy atom. The van der Waals surface area contributed by atoms with Gasteiger partial charge in [-0.15, -0.1) is 0 Å². The Bertz CT molecular complexity index is 1060. The molecule has 10 heteroatoms. The third kappa shape index (κ3) is 3.98. The Kier molecular flexibility index (Phi) is 5.63. The average Bonchev–Trinajstić information content (AvgIpc) is 3.22. The maximum atomic E-state index is 13.5. The highest BCUT2D eigenvalue weighted by Crippen LogP contribution is 2.37. The molecular weight excluding hydrogens is 404 g/mol. The quantitative estimate of drug-likeness (QED) is 0.718. The number of hydrogen-bond acceptors (Lipinski definition) is 6. The molecule has 0 bridgehead atoms. The molecule has 2 aliphatic rings. The van der Waals surface area contributed by atoms with Crippen LogP contribution in [0.15, 0.2) is 17.3 Å². The third-order valence-electron chi connectivity index (χ3n) is 5.56. The molecule has 1 amide bonds. The first kappa shape index (κ1) is 20.9. The van der Waals surface area contributed by atoms with Crippen LogP contribution in [-0.2, 0) is 16.6 Å². The van der Waals surface area contributed by atoms with Crippen molar-refractivity contribution in [3.63, 3.8) is 0 Å². The number of rotatable bonds is 7. The highest BCUT2D eigenvalue weighted by Gasteiger charge is 2.40. The van der Waals surface area contributed by atoms with Gasteiger partial charge in [-0.2, -0.15) is 9.40 Å². The second-order valence-corrected chi connectivity index (χ2v) is 9.94. The summed E-state index contributed by atoms with van der Waals surface area (Å²) in [6.45, 7) is 6.54. The SMILES string of the molecule is CCCn1cc(S(=O)(=O)N2CCCC2c2nc(C)ncc2C(=O)NC2CC2)c(C)n1. The highest BCUT2D eigenvalue weighted by molar-refractivity contribution is 7.89. The van der Waals surface area contributed by atoms with Gasteiger partial charge in [0.2, 0.25) is 10.0 Å². The van der Waals surface area contributed by atoms with Gasteiger partial charge in [0.15, 0.2) is 0 Å². The molecule has 1 saturated carbocycles. The molecule has 9 nitrogen and oxygen atoms in total. The van der Waals surface area contributed by atoms with Crippen molar-refractivity contribution >= 4 is 15.9 Å². The second-order valence-electron chi connectivity index (χ2n) is 8.08. The Morgan fingerprint density at radius 1 is 1.27 bits per heavy atom. The zero-order chi connectivity index (χ0) is 21.5. The minimum absolute atomic E-state index is 0.196. The van der Waals surface area contributed by atoms with Crippen molar-refractivity contribution in [1.29, 1.82) is 0 Å². The number of amides is 1. The van der Waals surface area contributed by atoms with E-state index in [4.69, 9.17) is 0 Å². The minimum atomic E-state index is -3.77. The first-order valence-electron chi connectivity index (χ1n) is 10.5. The summed E-state index contributed by atoms with van der Waals surface area (Å²) in [4.78, 5) is 21.7. The van der Waals surface area contributed by atoms with Crippen molar-refractivity contribution < 1.29 is 13.2 Å². The Balaban J connectivity index is 1.70. The van der Waals surface area contributed by atoms with E-state index in [1.807, 2.05) is 6.92 Å². The van der Waals surface area contributed by atoms with Crippen LogP contribution >= 0.6 is 0 Å². The molecule has 2 aromatic heterocycles. The van der Waals surface area contributed by atoms with E-state index in [0.717, 1.165) is 19.3 Å². The largest absolute Gasteiger partial charge is 0.349 e. The lowest BCUT2D eigenvalue weighted by atomic mass is 10.1. The summed E-state index contributed by atoms with van der Waals surface area (Å²) in [7, 11) is -3.77. The molecule has 2 fully saturated rings. The Hall–Kier alpha value is -2.33. The molecule has 1 aliphatic heterocycles. The topological polar surface area (TPSA) is 110 Å². The number of aromatic nitrogens is 4. The van der Waals surface area contributed by atoms with Crippen molar-refractivity contribution in [3.05, 3.63) is 35.2 Å². The third-order valence-corrected chi connectivity index (χ3v) is 7.57. The standard InChI is InChI=1S/C20H28N6O3S/c1-4-9-25-12-18(13(2)24-25)30(28,29)26-10-5-6-17(26)19-16(11-21-14(3)22-19)20(27)23-15-7-8-15/h11-12,15,17H,4-10H2,1-3H3,(H,23,27). The summed E-state index contributed by atoms with van der Waals surface area (Å²) in [5, 5.41) is 7.32. The predicted octanol–water partition coefficient (Wildman–Crippen LogP) is 2.12. The number of carbonyl (C=O) groups excluding carboxylic acids is 1. The fourth-order valence-corrected chi connectivity index (χ4v) is 5.76. The minimum Gasteiger partial charge on any atom is -0.349 e. The summed E-state index contributed by atoms with van der Waals surface area (Å²) in [6, 6.07) is -0.298. The molecule has 2 aromatic rings. The number of carbonyl (C=O) groups is 1. The van der Waals surface area contributed by atoms with Crippen LogP contribution in [0.3, 0.4) is 0 Å². The van der Waals surface area contributed by atoms with Gasteiger partial charge in [-0.05, 0) is 46.0 Å². The molecule has 162 valence electrons. The van der Waals surface area contributed by atoms with Crippen LogP contribution < -0.4 is 5.32 Å². The summed E-state index contributed by atoms with van der Waals surface area (Å²) in [5.41, 5.74) is 1.33. The monoisotopic (exact) mass is 432 g/mol. The Morgan fingerprint density at radius 2 is 2.03 bits per heavy atom. The zero-order valence-corrected chi connectivity index (χ0v) is 18.4. The van der Waals surface area contributed by atoms with Gasteiger partial charge in [0, 0.05) is 31.5 Å². The first-order chi connectivity index (χ1) is 14.3. The van der Waals surface area contributed by atoms with Gasteiger partial charge in [-0.1, -0.05) is 6.92 Å². The van der Waals surface area contributed by atoms with Gasteiger partial charge in [-0.3, -0.25) is 9.48 Å². The van der Waals surface area contributed by atoms with E-state index in [0.29, 0.717) is 48.7 Å². The lowest BCUT2D eigenvalue weighted by Crippen LogP contribution is -2.34. The van der Waals surface area contributed by atoms with E-state index in [2.05, 4.69) is 20.4 Å². The number of nitrogens with zero attached hydrogens (tertiary/aromatic N) is 5. The van der Waals surface area contributed by atoms with Crippen molar-refractivity contribution in [3.8, 4) is 0 Å². The van der Waals surface area contributed by atoms with Crippen molar-refractivity contribution in [2.24, 2.45) is 0 Å². The number of aryl methyl sites for hydroxylation is 3. The van der Waals surface area contributed by atoms with Gasteiger partial charge in [0.05, 0.1) is 23.0 Å². The number of sulfonamides is 1. The van der Waals surface area contributed by atoms with Crippen molar-refractivity contribution in [2.45, 2.75) is 76.4 Å². The molecule has 1 saturated heterocycles. The van der Waals surface area contributed by atoms with Crippen LogP contribution in [0.2, 0.25) is 0 Å². The van der Waals surface area contributed by atoms with Crippen molar-refractivity contribution in [1.82, 2.24) is 29.4 Å². The summed E-state index contributed by atoms with van der Waals surface area (Å²) >= 11 is 0. The van der Waals surface area contributed by atoms with E-state index in [1.165, 1.54) is 10.5 Å². The van der Waals surface area contributed by atoms with Crippen molar-refractivity contribution in [2.75, 3.05) is 6.54 Å². The molecular formula is C20H28N6O3S. The summed E-state index contributed by atoms with van der Waals surface area (Å²) < 4.78 is 30.2. The normalized spacial score (nSPS) is 19.9. The Labute approximate surface area is 176 Å². The first-order valence-corrected chi connectivity index (χ1v) is 12.0. The zero-order valence-electron chi connectivity index (χ0n) is 17.6. The van der Waals surface area contributed by atoms with Crippen LogP contribution in [0.25, 0.3) is 0 Å². The number of hydrogen-bond donors (Lipinski definition) is 1. The van der Waals surface area contributed by atoms with E-state index >= 15 is 0 Å². The molecule has 3 heterocycles. The lowest BCUT2D eigenvalue weighted by Gasteiger charge is -2.25. The highest BCUT2D eigenvalue weighted by atomic mass is 32.2. The van der Waals surface area contributed by atoms with Crippen LogP contribution in [0.1, 0.15) is 72.6 Å². The summed E-state index contributed by atoms with van der Waals surface area (Å²) in [5.74, 6) is 0.285.